The zero-order valence-corrected chi connectivity index (χ0v) is 15.6. The number of hydrogen-bond acceptors (Lipinski definition) is 6. The predicted octanol–water partition coefficient (Wildman–Crippen LogP) is 2.92. The minimum Gasteiger partial charge on any atom is -0.341 e. The van der Waals surface area contributed by atoms with Crippen molar-refractivity contribution in [1.82, 2.24) is 24.6 Å². The summed E-state index contributed by atoms with van der Waals surface area (Å²) < 4.78 is 3.05. The van der Waals surface area contributed by atoms with E-state index in [1.54, 1.807) is 17.7 Å². The number of para-hydroxylation sites is 1. The van der Waals surface area contributed by atoms with Gasteiger partial charge < -0.3 is 9.47 Å². The molecule has 1 saturated heterocycles. The van der Waals surface area contributed by atoms with E-state index in [2.05, 4.69) is 22.3 Å². The van der Waals surface area contributed by atoms with E-state index in [4.69, 9.17) is 4.98 Å². The molecule has 1 aromatic carbocycles. The van der Waals surface area contributed by atoms with Crippen molar-refractivity contribution in [3.05, 3.63) is 35.6 Å². The molecule has 0 spiro atoms. The van der Waals surface area contributed by atoms with Gasteiger partial charge in [-0.2, -0.15) is 0 Å². The molecule has 1 fully saturated rings. The molecule has 0 N–H and O–H groups in total. The van der Waals surface area contributed by atoms with E-state index in [0.29, 0.717) is 11.7 Å². The molecular weight excluding hydrogens is 354 g/mol. The molecule has 8 heteroatoms. The van der Waals surface area contributed by atoms with Gasteiger partial charge >= 0.3 is 0 Å². The Bertz CT molecular complexity index is 857. The van der Waals surface area contributed by atoms with Gasteiger partial charge in [-0.1, -0.05) is 23.9 Å². The van der Waals surface area contributed by atoms with Crippen LogP contribution < -0.4 is 0 Å². The van der Waals surface area contributed by atoms with Gasteiger partial charge in [-0.25, -0.2) is 4.98 Å². The fraction of sp³-hybridized carbons (Fsp3) is 0.412. The fourth-order valence-electron chi connectivity index (χ4n) is 3.09. The SMILES string of the molecule is Cn1cnnc1SCC(=O)N1CCC[C@@H](c2nc3ccccc3s2)C1. The fourth-order valence-corrected chi connectivity index (χ4v) is 4.97. The molecule has 2 aromatic heterocycles. The number of amides is 1. The Morgan fingerprint density at radius 2 is 2.28 bits per heavy atom. The van der Waals surface area contributed by atoms with Gasteiger partial charge in [0.05, 0.1) is 21.0 Å². The molecule has 1 aliphatic heterocycles. The smallest absolute Gasteiger partial charge is 0.233 e. The number of carbonyl (C=O) groups is 1. The second-order valence-corrected chi connectivity index (χ2v) is 8.22. The first-order valence-electron chi connectivity index (χ1n) is 8.31. The molecular formula is C17H19N5OS2. The van der Waals surface area contributed by atoms with E-state index in [-0.39, 0.29) is 5.91 Å². The average molecular weight is 374 g/mol. The number of aryl methyl sites for hydroxylation is 1. The molecule has 6 nitrogen and oxygen atoms in total. The van der Waals surface area contributed by atoms with Crippen molar-refractivity contribution in [3.8, 4) is 0 Å². The monoisotopic (exact) mass is 373 g/mol. The minimum absolute atomic E-state index is 0.166. The predicted molar refractivity (Wildman–Crippen MR) is 99.9 cm³/mol. The summed E-state index contributed by atoms with van der Waals surface area (Å²) in [4.78, 5) is 19.3. The maximum absolute atomic E-state index is 12.6. The molecule has 0 radical (unpaired) electrons. The van der Waals surface area contributed by atoms with Crippen LogP contribution in [0.15, 0.2) is 35.7 Å². The van der Waals surface area contributed by atoms with E-state index in [1.165, 1.54) is 16.5 Å². The summed E-state index contributed by atoms with van der Waals surface area (Å²) >= 11 is 3.20. The third-order valence-corrected chi connectivity index (χ3v) is 6.65. The number of thiazole rings is 1. The van der Waals surface area contributed by atoms with Crippen LogP contribution in [0.3, 0.4) is 0 Å². The Labute approximate surface area is 154 Å². The highest BCUT2D eigenvalue weighted by Gasteiger charge is 2.27. The summed E-state index contributed by atoms with van der Waals surface area (Å²) in [7, 11) is 1.89. The third-order valence-electron chi connectivity index (χ3n) is 4.43. The highest BCUT2D eigenvalue weighted by Crippen LogP contribution is 2.33. The zero-order chi connectivity index (χ0) is 17.2. The first-order valence-corrected chi connectivity index (χ1v) is 10.1. The van der Waals surface area contributed by atoms with Crippen molar-refractivity contribution in [2.24, 2.45) is 7.05 Å². The standard InChI is InChI=1S/C17H19N5OS2/c1-21-11-18-20-17(21)24-10-15(23)22-8-4-5-12(9-22)16-19-13-6-2-3-7-14(13)25-16/h2-3,6-7,11-12H,4-5,8-10H2,1H3/t12-/m1/s1. The van der Waals surface area contributed by atoms with E-state index < -0.39 is 0 Å². The zero-order valence-electron chi connectivity index (χ0n) is 14.0. The average Bonchev–Trinajstić information content (AvgIpc) is 3.25. The Morgan fingerprint density at radius 3 is 3.08 bits per heavy atom. The largest absolute Gasteiger partial charge is 0.341 e. The number of aromatic nitrogens is 4. The molecule has 3 heterocycles. The summed E-state index contributed by atoms with van der Waals surface area (Å²) in [5.74, 6) is 0.910. The molecule has 1 amide bonds. The number of benzene rings is 1. The summed E-state index contributed by atoms with van der Waals surface area (Å²) in [5.41, 5.74) is 1.06. The van der Waals surface area contributed by atoms with Crippen LogP contribution in [-0.4, -0.2) is 49.4 Å². The first kappa shape index (κ1) is 16.5. The van der Waals surface area contributed by atoms with Gasteiger partial charge in [-0.05, 0) is 25.0 Å². The van der Waals surface area contributed by atoms with Gasteiger partial charge in [0.15, 0.2) is 5.16 Å². The van der Waals surface area contributed by atoms with Gasteiger partial charge in [0.25, 0.3) is 0 Å². The van der Waals surface area contributed by atoms with Crippen molar-refractivity contribution in [2.45, 2.75) is 23.9 Å². The molecule has 4 rings (SSSR count). The maximum atomic E-state index is 12.6. The normalized spacial score (nSPS) is 18.0. The second kappa shape index (κ2) is 7.13. The molecule has 3 aromatic rings. The number of hydrogen-bond donors (Lipinski definition) is 0. The molecule has 130 valence electrons. The molecule has 1 aliphatic rings. The quantitative estimate of drug-likeness (QED) is 0.658. The third kappa shape index (κ3) is 3.55. The van der Waals surface area contributed by atoms with Gasteiger partial charge in [-0.3, -0.25) is 4.79 Å². The lowest BCUT2D eigenvalue weighted by Crippen LogP contribution is -2.40. The van der Waals surface area contributed by atoms with E-state index >= 15 is 0 Å². The van der Waals surface area contributed by atoms with Gasteiger partial charge in [0.2, 0.25) is 5.91 Å². The van der Waals surface area contributed by atoms with Gasteiger partial charge in [-0.15, -0.1) is 21.5 Å². The van der Waals surface area contributed by atoms with Crippen molar-refractivity contribution in [2.75, 3.05) is 18.8 Å². The Kier molecular flexibility index (Phi) is 4.72. The second-order valence-electron chi connectivity index (χ2n) is 6.21. The Morgan fingerprint density at radius 1 is 1.40 bits per heavy atom. The first-order chi connectivity index (χ1) is 12.2. The summed E-state index contributed by atoms with van der Waals surface area (Å²) in [6, 6.07) is 8.23. The van der Waals surface area contributed by atoms with Crippen molar-refractivity contribution in [3.63, 3.8) is 0 Å². The summed E-state index contributed by atoms with van der Waals surface area (Å²) in [6.45, 7) is 1.59. The number of fused-ring (bicyclic) bond motifs is 1. The van der Waals surface area contributed by atoms with Crippen LogP contribution in [-0.2, 0) is 11.8 Å². The molecule has 0 bridgehead atoms. The lowest BCUT2D eigenvalue weighted by Gasteiger charge is -2.31. The molecule has 0 unspecified atom stereocenters. The van der Waals surface area contributed by atoms with Crippen LogP contribution in [0.25, 0.3) is 10.2 Å². The number of piperidine rings is 1. The van der Waals surface area contributed by atoms with Crippen LogP contribution in [0, 0.1) is 0 Å². The molecule has 25 heavy (non-hydrogen) atoms. The summed E-state index contributed by atoms with van der Waals surface area (Å²) in [5, 5.41) is 9.79. The molecule has 0 saturated carbocycles. The minimum atomic E-state index is 0.166. The van der Waals surface area contributed by atoms with E-state index in [9.17, 15) is 4.79 Å². The Balaban J connectivity index is 1.41. The van der Waals surface area contributed by atoms with Gasteiger partial charge in [0, 0.05) is 26.1 Å². The number of nitrogens with zero attached hydrogens (tertiary/aromatic N) is 5. The van der Waals surface area contributed by atoms with Crippen LogP contribution in [0.2, 0.25) is 0 Å². The number of carbonyl (C=O) groups excluding carboxylic acids is 1. The van der Waals surface area contributed by atoms with Crippen molar-refractivity contribution in [1.29, 1.82) is 0 Å². The highest BCUT2D eigenvalue weighted by atomic mass is 32.2. The lowest BCUT2D eigenvalue weighted by atomic mass is 9.99. The van der Waals surface area contributed by atoms with Crippen molar-refractivity contribution >= 4 is 39.2 Å². The van der Waals surface area contributed by atoms with Crippen LogP contribution >= 0.6 is 23.1 Å². The van der Waals surface area contributed by atoms with E-state index in [0.717, 1.165) is 41.6 Å². The lowest BCUT2D eigenvalue weighted by molar-refractivity contribution is -0.129. The van der Waals surface area contributed by atoms with Crippen LogP contribution in [0.4, 0.5) is 0 Å². The molecule has 0 aliphatic carbocycles. The number of likely N-dealkylation sites (tertiary alicyclic amines) is 1. The highest BCUT2D eigenvalue weighted by molar-refractivity contribution is 7.99. The number of rotatable bonds is 4. The summed E-state index contributed by atoms with van der Waals surface area (Å²) in [6.07, 6.45) is 3.78. The van der Waals surface area contributed by atoms with Crippen LogP contribution in [0.5, 0.6) is 0 Å². The Hall–Kier alpha value is -1.93. The maximum Gasteiger partial charge on any atom is 0.233 e. The van der Waals surface area contributed by atoms with Crippen LogP contribution in [0.1, 0.15) is 23.8 Å². The molecule has 1 atom stereocenters. The topological polar surface area (TPSA) is 63.9 Å². The number of thioether (sulfide) groups is 1. The van der Waals surface area contributed by atoms with Gasteiger partial charge in [0.1, 0.15) is 6.33 Å². The van der Waals surface area contributed by atoms with Crippen molar-refractivity contribution < 1.29 is 4.79 Å². The van der Waals surface area contributed by atoms with E-state index in [1.807, 2.05) is 28.6 Å².